The molecule has 2 saturated heterocycles. The zero-order valence-electron chi connectivity index (χ0n) is 14.4. The lowest BCUT2D eigenvalue weighted by Gasteiger charge is -2.28. The summed E-state index contributed by atoms with van der Waals surface area (Å²) in [6.07, 6.45) is 5.23. The zero-order valence-corrected chi connectivity index (χ0v) is 16.0. The highest BCUT2D eigenvalue weighted by Crippen LogP contribution is 2.45. The van der Waals surface area contributed by atoms with Crippen molar-refractivity contribution >= 4 is 21.0 Å². The Morgan fingerprint density at radius 1 is 1.04 bits per heavy atom. The highest BCUT2D eigenvalue weighted by molar-refractivity contribution is 7.98. The Bertz CT molecular complexity index is 645. The molecule has 2 bridgehead atoms. The van der Waals surface area contributed by atoms with Gasteiger partial charge in [-0.2, -0.15) is 8.42 Å². The molecule has 2 fully saturated rings. The lowest BCUT2D eigenvalue weighted by molar-refractivity contribution is 0.190. The molecule has 2 atom stereocenters. The first-order valence-electron chi connectivity index (χ1n) is 8.34. The maximum absolute atomic E-state index is 11.4. The van der Waals surface area contributed by atoms with Gasteiger partial charge < -0.3 is 0 Å². The summed E-state index contributed by atoms with van der Waals surface area (Å²) in [4.78, 5) is 1.45. The molecule has 2 heterocycles. The predicted molar refractivity (Wildman–Crippen MR) is 96.5 cm³/mol. The lowest BCUT2D eigenvalue weighted by atomic mass is 9.87. The number of rotatable bonds is 3. The van der Waals surface area contributed by atoms with E-state index < -0.39 is 10.1 Å². The number of fused-ring (bicyclic) bond motifs is 2. The van der Waals surface area contributed by atoms with Gasteiger partial charge >= 0.3 is 0 Å². The van der Waals surface area contributed by atoms with E-state index in [0.717, 1.165) is 19.1 Å². The molecule has 128 valence electrons. The minimum Gasteiger partial charge on any atom is -0.267 e. The van der Waals surface area contributed by atoms with Gasteiger partial charge in [0.05, 0.1) is 12.4 Å². The summed E-state index contributed by atoms with van der Waals surface area (Å²) in [5.41, 5.74) is 1.55. The molecule has 3 nitrogen and oxygen atoms in total. The summed E-state index contributed by atoms with van der Waals surface area (Å²) in [5, 5.41) is 1.17. The smallest absolute Gasteiger partial charge is 0.264 e. The van der Waals surface area contributed by atoms with Crippen molar-refractivity contribution in [2.75, 3.05) is 6.26 Å². The second-order valence-corrected chi connectivity index (χ2v) is 12.0. The summed E-state index contributed by atoms with van der Waals surface area (Å²) in [6, 6.07) is 9.13. The average Bonchev–Trinajstić information content (AvgIpc) is 2.68. The van der Waals surface area contributed by atoms with Crippen LogP contribution in [-0.4, -0.2) is 31.3 Å². The van der Waals surface area contributed by atoms with Gasteiger partial charge in [0.15, 0.2) is 4.90 Å². The fourth-order valence-corrected chi connectivity index (χ4v) is 7.89. The molecule has 0 radical (unpaired) electrons. The van der Waals surface area contributed by atoms with E-state index in [0.29, 0.717) is 10.5 Å². The second kappa shape index (κ2) is 6.08. The molecule has 2 aliphatic heterocycles. The fraction of sp³-hybridized carbons (Fsp3) is 0.667. The van der Waals surface area contributed by atoms with Crippen molar-refractivity contribution in [3.05, 3.63) is 29.8 Å². The van der Waals surface area contributed by atoms with Crippen LogP contribution in [0.1, 0.15) is 52.0 Å². The van der Waals surface area contributed by atoms with Crippen LogP contribution < -0.4 is 0 Å². The Morgan fingerprint density at radius 2 is 1.57 bits per heavy atom. The lowest BCUT2D eigenvalue weighted by Crippen LogP contribution is -2.38. The van der Waals surface area contributed by atoms with Gasteiger partial charge in [0.25, 0.3) is 10.1 Å². The molecule has 2 aliphatic rings. The third-order valence-electron chi connectivity index (χ3n) is 4.88. The van der Waals surface area contributed by atoms with Gasteiger partial charge in [-0.05, 0) is 23.1 Å². The van der Waals surface area contributed by atoms with Crippen LogP contribution in [0.25, 0.3) is 0 Å². The molecule has 2 unspecified atom stereocenters. The molecule has 5 heteroatoms. The van der Waals surface area contributed by atoms with E-state index >= 15 is 0 Å². The van der Waals surface area contributed by atoms with Crippen molar-refractivity contribution in [3.63, 3.8) is 0 Å². The molecule has 1 aromatic rings. The van der Waals surface area contributed by atoms with E-state index in [1.165, 1.54) is 23.3 Å². The quantitative estimate of drug-likeness (QED) is 0.614. The summed E-state index contributed by atoms with van der Waals surface area (Å²) < 4.78 is 28.1. The Hall–Kier alpha value is -0.520. The molecule has 0 saturated carbocycles. The van der Waals surface area contributed by atoms with Gasteiger partial charge in [0.1, 0.15) is 10.5 Å². The Kier molecular flexibility index (Phi) is 4.58. The van der Waals surface area contributed by atoms with Crippen LogP contribution in [0.3, 0.4) is 0 Å². The number of hydrogen-bond donors (Lipinski definition) is 0. The maximum atomic E-state index is 11.4. The van der Waals surface area contributed by atoms with Crippen LogP contribution in [0.15, 0.2) is 29.2 Å². The van der Waals surface area contributed by atoms with Gasteiger partial charge in [0, 0.05) is 36.6 Å². The van der Waals surface area contributed by atoms with Crippen molar-refractivity contribution in [2.45, 2.75) is 73.4 Å². The normalized spacial score (nSPS) is 31.3. The van der Waals surface area contributed by atoms with E-state index in [4.69, 9.17) is 4.18 Å². The molecule has 0 N–H and O–H groups in total. The van der Waals surface area contributed by atoms with Crippen LogP contribution in [0, 0.1) is 0 Å². The van der Waals surface area contributed by atoms with Crippen molar-refractivity contribution < 1.29 is 12.6 Å². The third kappa shape index (κ3) is 3.94. The first kappa shape index (κ1) is 17.3. The van der Waals surface area contributed by atoms with Gasteiger partial charge in [0.2, 0.25) is 0 Å². The molecule has 0 aromatic heterocycles. The van der Waals surface area contributed by atoms with Gasteiger partial charge in [-0.1, -0.05) is 32.9 Å². The standard InChI is InChI=1S/C18H27O3S2/c1-18(2,3)13-5-7-15(8-6-13)22-16-9-10-17(22)12-14(11-16)21-23(4,19)20/h5-8,14,16-17H,9-12H2,1-4H3/q+1. The number of benzene rings is 1. The van der Waals surface area contributed by atoms with Crippen LogP contribution in [0.5, 0.6) is 0 Å². The first-order valence-corrected chi connectivity index (χ1v) is 11.5. The highest BCUT2D eigenvalue weighted by Gasteiger charge is 2.52. The summed E-state index contributed by atoms with van der Waals surface area (Å²) in [7, 11) is -3.09. The van der Waals surface area contributed by atoms with E-state index in [1.54, 1.807) is 0 Å². The zero-order chi connectivity index (χ0) is 16.8. The highest BCUT2D eigenvalue weighted by atomic mass is 32.2. The largest absolute Gasteiger partial charge is 0.267 e. The summed E-state index contributed by atoms with van der Waals surface area (Å²) in [5.74, 6) is 0. The first-order chi connectivity index (χ1) is 10.6. The van der Waals surface area contributed by atoms with Gasteiger partial charge in [-0.3, -0.25) is 4.18 Å². The Labute approximate surface area is 143 Å². The van der Waals surface area contributed by atoms with E-state index in [2.05, 4.69) is 45.0 Å². The average molecular weight is 356 g/mol. The molecule has 0 spiro atoms. The molecule has 0 amide bonds. The Balaban J connectivity index is 1.76. The van der Waals surface area contributed by atoms with E-state index in [-0.39, 0.29) is 22.4 Å². The molecular weight excluding hydrogens is 328 g/mol. The van der Waals surface area contributed by atoms with Crippen molar-refractivity contribution in [1.82, 2.24) is 0 Å². The monoisotopic (exact) mass is 355 g/mol. The second-order valence-electron chi connectivity index (χ2n) is 7.86. The van der Waals surface area contributed by atoms with Crippen molar-refractivity contribution in [1.29, 1.82) is 0 Å². The maximum Gasteiger partial charge on any atom is 0.264 e. The Morgan fingerprint density at radius 3 is 2.00 bits per heavy atom. The van der Waals surface area contributed by atoms with Crippen LogP contribution >= 0.6 is 0 Å². The van der Waals surface area contributed by atoms with Crippen LogP contribution in [-0.2, 0) is 30.6 Å². The summed E-state index contributed by atoms with van der Waals surface area (Å²) >= 11 is 0. The fourth-order valence-electron chi connectivity index (χ4n) is 3.85. The van der Waals surface area contributed by atoms with Crippen LogP contribution in [0.2, 0.25) is 0 Å². The third-order valence-corrected chi connectivity index (χ3v) is 8.61. The van der Waals surface area contributed by atoms with Crippen LogP contribution in [0.4, 0.5) is 0 Å². The molecule has 3 rings (SSSR count). The molecule has 23 heavy (non-hydrogen) atoms. The van der Waals surface area contributed by atoms with Gasteiger partial charge in [-0.25, -0.2) is 0 Å². The molecule has 0 aliphatic carbocycles. The summed E-state index contributed by atoms with van der Waals surface area (Å²) in [6.45, 7) is 6.71. The predicted octanol–water partition coefficient (Wildman–Crippen LogP) is 3.63. The topological polar surface area (TPSA) is 43.4 Å². The van der Waals surface area contributed by atoms with Crippen molar-refractivity contribution in [3.8, 4) is 0 Å². The van der Waals surface area contributed by atoms with E-state index in [9.17, 15) is 8.42 Å². The van der Waals surface area contributed by atoms with E-state index in [1.807, 2.05) is 0 Å². The molecule has 1 aromatic carbocycles. The molecular formula is C18H27O3S2+. The number of hydrogen-bond acceptors (Lipinski definition) is 3. The van der Waals surface area contributed by atoms with Gasteiger partial charge in [-0.15, -0.1) is 0 Å². The minimum atomic E-state index is -3.34. The SMILES string of the molecule is CC(C)(C)c1ccc([S+]2C3CCC2CC(OS(C)(=O)=O)C3)cc1. The minimum absolute atomic E-state index is 0.111. The van der Waals surface area contributed by atoms with Crippen molar-refractivity contribution in [2.24, 2.45) is 0 Å².